The van der Waals surface area contributed by atoms with Gasteiger partial charge in [0.25, 0.3) is 0 Å². The van der Waals surface area contributed by atoms with Crippen LogP contribution in [0.25, 0.3) is 0 Å². The van der Waals surface area contributed by atoms with E-state index >= 15 is 0 Å². The molecule has 15 heavy (non-hydrogen) atoms. The highest BCUT2D eigenvalue weighted by Crippen LogP contribution is 2.24. The van der Waals surface area contributed by atoms with Gasteiger partial charge in [0.1, 0.15) is 0 Å². The third-order valence-corrected chi connectivity index (χ3v) is 3.18. The lowest BCUT2D eigenvalue weighted by Crippen LogP contribution is -2.12. The topological polar surface area (TPSA) is 46.9 Å². The fourth-order valence-corrected chi connectivity index (χ4v) is 1.92. The summed E-state index contributed by atoms with van der Waals surface area (Å²) in [7, 11) is -0.739. The largest absolute Gasteiger partial charge is 0.353 e. The van der Waals surface area contributed by atoms with Gasteiger partial charge in [0.05, 0.1) is 5.69 Å². The molecule has 1 aromatic rings. The minimum atomic E-state index is -0.739. The Bertz CT molecular complexity index is 371. The molecule has 2 rings (SSSR count). The molecule has 0 aliphatic heterocycles. The van der Waals surface area contributed by atoms with E-state index in [2.05, 4.69) is 14.9 Å². The van der Waals surface area contributed by atoms with Crippen molar-refractivity contribution in [3.63, 3.8) is 0 Å². The van der Waals surface area contributed by atoms with E-state index in [-0.39, 0.29) is 0 Å². The molecule has 0 bridgehead atoms. The predicted octanol–water partition coefficient (Wildman–Crippen LogP) is 1.14. The van der Waals surface area contributed by atoms with Crippen LogP contribution in [-0.2, 0) is 17.3 Å². The van der Waals surface area contributed by atoms with E-state index in [4.69, 9.17) is 0 Å². The number of hydrogen-bond acceptors (Lipinski definition) is 3. The Morgan fingerprint density at radius 2 is 2.40 bits per heavy atom. The van der Waals surface area contributed by atoms with Crippen LogP contribution in [0.4, 0.5) is 5.95 Å². The van der Waals surface area contributed by atoms with Crippen molar-refractivity contribution in [3.05, 3.63) is 11.9 Å². The molecule has 0 aromatic carbocycles. The quantitative estimate of drug-likeness (QED) is 0.820. The van der Waals surface area contributed by atoms with Crippen LogP contribution in [0.2, 0.25) is 0 Å². The van der Waals surface area contributed by atoms with Crippen LogP contribution in [-0.4, -0.2) is 31.8 Å². The molecule has 5 heteroatoms. The molecule has 1 saturated carbocycles. The van der Waals surface area contributed by atoms with Crippen molar-refractivity contribution in [1.82, 2.24) is 9.55 Å². The summed E-state index contributed by atoms with van der Waals surface area (Å²) in [6.07, 6.45) is 6.23. The zero-order valence-corrected chi connectivity index (χ0v) is 10.0. The van der Waals surface area contributed by atoms with E-state index in [1.165, 1.54) is 12.8 Å². The van der Waals surface area contributed by atoms with Crippen molar-refractivity contribution in [2.24, 2.45) is 0 Å². The summed E-state index contributed by atoms with van der Waals surface area (Å²) in [5.74, 6) is 1.62. The Morgan fingerprint density at radius 3 is 3.00 bits per heavy atom. The molecule has 1 aromatic heterocycles. The lowest BCUT2D eigenvalue weighted by Gasteiger charge is -2.07. The van der Waals surface area contributed by atoms with Gasteiger partial charge in [0, 0.05) is 41.6 Å². The van der Waals surface area contributed by atoms with Crippen LogP contribution >= 0.6 is 0 Å². The fourth-order valence-electron chi connectivity index (χ4n) is 1.47. The number of nitrogens with zero attached hydrogens (tertiary/aromatic N) is 2. The zero-order chi connectivity index (χ0) is 10.8. The molecule has 1 heterocycles. The van der Waals surface area contributed by atoms with Crippen LogP contribution in [0.1, 0.15) is 18.5 Å². The number of aromatic nitrogens is 2. The Hall–Kier alpha value is -0.840. The fraction of sp³-hybridized carbons (Fsp3) is 0.700. The van der Waals surface area contributed by atoms with Crippen LogP contribution in [0, 0.1) is 6.92 Å². The second-order valence-corrected chi connectivity index (χ2v) is 5.65. The van der Waals surface area contributed by atoms with Crippen LogP contribution in [0.3, 0.4) is 0 Å². The summed E-state index contributed by atoms with van der Waals surface area (Å²) in [6, 6.07) is 0.609. The zero-order valence-electron chi connectivity index (χ0n) is 9.19. The highest BCUT2D eigenvalue weighted by molar-refractivity contribution is 7.84. The van der Waals surface area contributed by atoms with Gasteiger partial charge in [-0.2, -0.15) is 0 Å². The number of anilines is 1. The van der Waals surface area contributed by atoms with E-state index in [1.54, 1.807) is 6.26 Å². The minimum Gasteiger partial charge on any atom is -0.353 e. The summed E-state index contributed by atoms with van der Waals surface area (Å²) in [5, 5.41) is 3.38. The SMILES string of the molecule is Cc1cn(CCS(C)=O)c(NC2CC2)n1. The molecule has 1 atom stereocenters. The van der Waals surface area contributed by atoms with Gasteiger partial charge in [-0.05, 0) is 19.8 Å². The van der Waals surface area contributed by atoms with Crippen LogP contribution < -0.4 is 5.32 Å². The lowest BCUT2D eigenvalue weighted by molar-refractivity contribution is 0.677. The first-order chi connectivity index (χ1) is 7.15. The average Bonchev–Trinajstić information content (AvgIpc) is 2.88. The Morgan fingerprint density at radius 1 is 1.67 bits per heavy atom. The third-order valence-electron chi connectivity index (χ3n) is 2.43. The number of rotatable bonds is 5. The van der Waals surface area contributed by atoms with E-state index < -0.39 is 10.8 Å². The van der Waals surface area contributed by atoms with Gasteiger partial charge in [0.2, 0.25) is 5.95 Å². The highest BCUT2D eigenvalue weighted by atomic mass is 32.2. The van der Waals surface area contributed by atoms with Gasteiger partial charge in [-0.3, -0.25) is 4.21 Å². The number of aryl methyl sites for hydroxylation is 2. The maximum Gasteiger partial charge on any atom is 0.203 e. The second-order valence-electron chi connectivity index (χ2n) is 4.10. The first kappa shape index (κ1) is 10.7. The third kappa shape index (κ3) is 3.06. The smallest absolute Gasteiger partial charge is 0.203 e. The van der Waals surface area contributed by atoms with E-state index in [9.17, 15) is 4.21 Å². The Balaban J connectivity index is 2.02. The number of imidazole rings is 1. The van der Waals surface area contributed by atoms with Crippen molar-refractivity contribution >= 4 is 16.7 Å². The number of hydrogen-bond donors (Lipinski definition) is 1. The van der Waals surface area contributed by atoms with Crippen molar-refractivity contribution < 1.29 is 4.21 Å². The first-order valence-corrected chi connectivity index (χ1v) is 6.98. The van der Waals surface area contributed by atoms with E-state index in [0.717, 1.165) is 18.2 Å². The minimum absolute atomic E-state index is 0.609. The normalized spacial score (nSPS) is 17.7. The van der Waals surface area contributed by atoms with Gasteiger partial charge in [-0.25, -0.2) is 4.98 Å². The van der Waals surface area contributed by atoms with Gasteiger partial charge in [-0.15, -0.1) is 0 Å². The van der Waals surface area contributed by atoms with Crippen molar-refractivity contribution in [2.75, 3.05) is 17.3 Å². The summed E-state index contributed by atoms with van der Waals surface area (Å²) in [4.78, 5) is 4.42. The van der Waals surface area contributed by atoms with E-state index in [0.29, 0.717) is 11.8 Å². The average molecular weight is 227 g/mol. The monoisotopic (exact) mass is 227 g/mol. The molecule has 0 saturated heterocycles. The summed E-state index contributed by atoms with van der Waals surface area (Å²) in [6.45, 7) is 2.76. The van der Waals surface area contributed by atoms with Crippen molar-refractivity contribution in [2.45, 2.75) is 32.4 Å². The van der Waals surface area contributed by atoms with Gasteiger partial charge in [0.15, 0.2) is 0 Å². The van der Waals surface area contributed by atoms with Gasteiger partial charge >= 0.3 is 0 Å². The lowest BCUT2D eigenvalue weighted by atomic mass is 10.6. The molecule has 1 N–H and O–H groups in total. The highest BCUT2D eigenvalue weighted by Gasteiger charge is 2.22. The standard InChI is InChI=1S/C10H17N3OS/c1-8-7-13(5-6-15(2)14)10(11-8)12-9-3-4-9/h7,9H,3-6H2,1-2H3,(H,11,12). The summed E-state index contributed by atoms with van der Waals surface area (Å²) in [5.41, 5.74) is 1.01. The molecule has 0 amide bonds. The molecule has 0 radical (unpaired) electrons. The molecular formula is C10H17N3OS. The maximum absolute atomic E-state index is 11.0. The molecule has 84 valence electrons. The summed E-state index contributed by atoms with van der Waals surface area (Å²) < 4.78 is 13.1. The molecule has 1 aliphatic rings. The second kappa shape index (κ2) is 4.35. The van der Waals surface area contributed by atoms with Crippen molar-refractivity contribution in [3.8, 4) is 0 Å². The molecule has 1 unspecified atom stereocenters. The molecular weight excluding hydrogens is 210 g/mol. The predicted molar refractivity (Wildman–Crippen MR) is 62.5 cm³/mol. The van der Waals surface area contributed by atoms with E-state index in [1.807, 2.05) is 13.1 Å². The summed E-state index contributed by atoms with van der Waals surface area (Å²) >= 11 is 0. The maximum atomic E-state index is 11.0. The Kier molecular flexibility index (Phi) is 3.09. The van der Waals surface area contributed by atoms with Crippen LogP contribution in [0.5, 0.6) is 0 Å². The molecule has 1 fully saturated rings. The Labute approximate surface area is 92.5 Å². The molecule has 4 nitrogen and oxygen atoms in total. The molecule has 0 spiro atoms. The van der Waals surface area contributed by atoms with Crippen LogP contribution in [0.15, 0.2) is 6.20 Å². The van der Waals surface area contributed by atoms with Gasteiger partial charge in [-0.1, -0.05) is 0 Å². The molecule has 1 aliphatic carbocycles. The number of nitrogens with one attached hydrogen (secondary N) is 1. The first-order valence-electron chi connectivity index (χ1n) is 5.25. The van der Waals surface area contributed by atoms with Gasteiger partial charge < -0.3 is 9.88 Å². The van der Waals surface area contributed by atoms with Crippen molar-refractivity contribution in [1.29, 1.82) is 0 Å².